The number of carbonyl (C=O) groups is 2. The molecule has 1 aromatic carbocycles. The molecule has 0 saturated heterocycles. The molecule has 0 spiro atoms. The Hall–Kier alpha value is -3.21. The predicted octanol–water partition coefficient (Wildman–Crippen LogP) is 5.57. The van der Waals surface area contributed by atoms with Crippen LogP contribution in [0.4, 0.5) is 10.6 Å². The van der Waals surface area contributed by atoms with Gasteiger partial charge in [0.1, 0.15) is 5.82 Å². The SMILES string of the molecule is CC1=CC(c2ccccc2C)C2=C(CC(C)(C)CC2=O)N1C(=O)Nc1ccccn1. The van der Waals surface area contributed by atoms with Gasteiger partial charge in [-0.25, -0.2) is 9.78 Å². The van der Waals surface area contributed by atoms with Gasteiger partial charge in [-0.1, -0.05) is 50.3 Å². The third-order valence-corrected chi connectivity index (χ3v) is 5.86. The summed E-state index contributed by atoms with van der Waals surface area (Å²) in [5.41, 5.74) is 4.42. The van der Waals surface area contributed by atoms with E-state index < -0.39 is 0 Å². The fourth-order valence-corrected chi connectivity index (χ4v) is 4.53. The fraction of sp³-hybridized carbons (Fsp3) is 0.320. The average Bonchev–Trinajstić information content (AvgIpc) is 2.67. The third kappa shape index (κ3) is 3.67. The van der Waals surface area contributed by atoms with Crippen LogP contribution in [0, 0.1) is 12.3 Å². The van der Waals surface area contributed by atoms with Crippen LogP contribution in [0.5, 0.6) is 0 Å². The first kappa shape index (κ1) is 20.1. The van der Waals surface area contributed by atoms with Gasteiger partial charge >= 0.3 is 6.03 Å². The molecule has 1 aliphatic heterocycles. The first-order valence-electron chi connectivity index (χ1n) is 10.3. The summed E-state index contributed by atoms with van der Waals surface area (Å²) >= 11 is 0. The van der Waals surface area contributed by atoms with Gasteiger partial charge in [-0.15, -0.1) is 0 Å². The van der Waals surface area contributed by atoms with Crippen molar-refractivity contribution in [2.24, 2.45) is 5.41 Å². The number of urea groups is 1. The molecule has 4 rings (SSSR count). The van der Waals surface area contributed by atoms with E-state index in [1.807, 2.05) is 31.2 Å². The van der Waals surface area contributed by atoms with Crippen molar-refractivity contribution in [2.75, 3.05) is 5.32 Å². The molecule has 0 bridgehead atoms. The summed E-state index contributed by atoms with van der Waals surface area (Å²) in [4.78, 5) is 32.4. The van der Waals surface area contributed by atoms with Crippen molar-refractivity contribution in [3.63, 3.8) is 0 Å². The van der Waals surface area contributed by atoms with Gasteiger partial charge in [0.2, 0.25) is 0 Å². The zero-order chi connectivity index (χ0) is 21.5. The number of aryl methyl sites for hydroxylation is 1. The van der Waals surface area contributed by atoms with E-state index in [4.69, 9.17) is 0 Å². The highest BCUT2D eigenvalue weighted by Crippen LogP contribution is 2.47. The molecule has 2 amide bonds. The van der Waals surface area contributed by atoms with Crippen molar-refractivity contribution in [3.8, 4) is 0 Å². The molecule has 1 unspecified atom stereocenters. The molecule has 0 saturated carbocycles. The van der Waals surface area contributed by atoms with Crippen molar-refractivity contribution >= 4 is 17.6 Å². The van der Waals surface area contributed by atoms with Crippen LogP contribution < -0.4 is 5.32 Å². The first-order chi connectivity index (χ1) is 14.3. The smallest absolute Gasteiger partial charge is 0.294 e. The normalized spacial score (nSPS) is 20.5. The Morgan fingerprint density at radius 1 is 1.10 bits per heavy atom. The maximum atomic E-state index is 13.3. The number of hydrogen-bond donors (Lipinski definition) is 1. The Balaban J connectivity index is 1.81. The minimum absolute atomic E-state index is 0.119. The molecule has 0 radical (unpaired) electrons. The van der Waals surface area contributed by atoms with Gasteiger partial charge in [0.25, 0.3) is 0 Å². The lowest BCUT2D eigenvalue weighted by Gasteiger charge is -2.42. The Morgan fingerprint density at radius 3 is 2.53 bits per heavy atom. The number of aromatic nitrogens is 1. The molecule has 2 heterocycles. The maximum Gasteiger partial charge on any atom is 0.331 e. The second-order valence-electron chi connectivity index (χ2n) is 8.92. The van der Waals surface area contributed by atoms with Gasteiger partial charge in [0.15, 0.2) is 5.78 Å². The number of benzene rings is 1. The van der Waals surface area contributed by atoms with E-state index in [1.165, 1.54) is 0 Å². The van der Waals surface area contributed by atoms with E-state index in [9.17, 15) is 9.59 Å². The van der Waals surface area contributed by atoms with Gasteiger partial charge in [-0.3, -0.25) is 15.0 Å². The second kappa shape index (κ2) is 7.56. The molecule has 1 N–H and O–H groups in total. The van der Waals surface area contributed by atoms with Gasteiger partial charge in [0.05, 0.1) is 0 Å². The number of rotatable bonds is 2. The lowest BCUT2D eigenvalue weighted by molar-refractivity contribution is -0.118. The lowest BCUT2D eigenvalue weighted by atomic mass is 9.70. The van der Waals surface area contributed by atoms with Crippen molar-refractivity contribution in [2.45, 2.75) is 46.5 Å². The molecule has 30 heavy (non-hydrogen) atoms. The van der Waals surface area contributed by atoms with Crippen LogP contribution in [0.15, 0.2) is 71.7 Å². The molecule has 1 atom stereocenters. The number of nitrogens with zero attached hydrogens (tertiary/aromatic N) is 2. The zero-order valence-corrected chi connectivity index (χ0v) is 17.9. The third-order valence-electron chi connectivity index (χ3n) is 5.86. The van der Waals surface area contributed by atoms with Crippen molar-refractivity contribution in [3.05, 3.63) is 82.8 Å². The Morgan fingerprint density at radius 2 is 1.83 bits per heavy atom. The first-order valence-corrected chi connectivity index (χ1v) is 10.3. The van der Waals surface area contributed by atoms with Crippen LogP contribution in [0.1, 0.15) is 50.7 Å². The Bertz CT molecular complexity index is 1070. The van der Waals surface area contributed by atoms with Crippen LogP contribution >= 0.6 is 0 Å². The van der Waals surface area contributed by atoms with E-state index in [2.05, 4.69) is 43.2 Å². The van der Waals surface area contributed by atoms with E-state index in [0.717, 1.165) is 28.1 Å². The minimum atomic E-state index is -0.288. The Kier molecular flexibility index (Phi) is 5.06. The standard InChI is InChI=1S/C25H27N3O2/c1-16-9-5-6-10-18(16)19-13-17(2)28(24(30)27-22-11-7-8-12-26-22)20-14-25(3,4)15-21(29)23(19)20/h5-13,19H,14-15H2,1-4H3,(H,26,27,30). The predicted molar refractivity (Wildman–Crippen MR) is 118 cm³/mol. The number of amides is 2. The van der Waals surface area contributed by atoms with Gasteiger partial charge in [-0.05, 0) is 48.9 Å². The maximum absolute atomic E-state index is 13.3. The van der Waals surface area contributed by atoms with Gasteiger partial charge in [-0.2, -0.15) is 0 Å². The molecule has 154 valence electrons. The number of ketones is 1. The molecular weight excluding hydrogens is 374 g/mol. The molecular formula is C25H27N3O2. The molecule has 2 aromatic rings. The number of pyridine rings is 1. The van der Waals surface area contributed by atoms with Gasteiger partial charge in [0, 0.05) is 35.5 Å². The van der Waals surface area contributed by atoms with Crippen LogP contribution in [0.2, 0.25) is 0 Å². The van der Waals surface area contributed by atoms with Crippen LogP contribution in [0.25, 0.3) is 0 Å². The largest absolute Gasteiger partial charge is 0.331 e. The highest BCUT2D eigenvalue weighted by molar-refractivity contribution is 6.02. The molecule has 5 heteroatoms. The summed E-state index contributed by atoms with van der Waals surface area (Å²) in [6.07, 6.45) is 4.82. The van der Waals surface area contributed by atoms with Gasteiger partial charge < -0.3 is 0 Å². The molecule has 1 aromatic heterocycles. The quantitative estimate of drug-likeness (QED) is 0.716. The summed E-state index contributed by atoms with van der Waals surface area (Å²) < 4.78 is 0. The van der Waals surface area contributed by atoms with Crippen LogP contribution in [-0.2, 0) is 4.79 Å². The monoisotopic (exact) mass is 401 g/mol. The van der Waals surface area contributed by atoms with Crippen molar-refractivity contribution < 1.29 is 9.59 Å². The van der Waals surface area contributed by atoms with E-state index in [1.54, 1.807) is 23.2 Å². The summed E-state index contributed by atoms with van der Waals surface area (Å²) in [5, 5.41) is 2.87. The fourth-order valence-electron chi connectivity index (χ4n) is 4.53. The Labute approximate surface area is 177 Å². The van der Waals surface area contributed by atoms with E-state index >= 15 is 0 Å². The highest BCUT2D eigenvalue weighted by Gasteiger charge is 2.42. The average molecular weight is 402 g/mol. The lowest BCUT2D eigenvalue weighted by Crippen LogP contribution is -2.42. The second-order valence-corrected chi connectivity index (χ2v) is 8.92. The number of hydrogen-bond acceptors (Lipinski definition) is 3. The number of allylic oxidation sites excluding steroid dienone is 4. The van der Waals surface area contributed by atoms with Crippen LogP contribution in [-0.4, -0.2) is 21.7 Å². The van der Waals surface area contributed by atoms with Crippen LogP contribution in [0.3, 0.4) is 0 Å². The number of anilines is 1. The summed E-state index contributed by atoms with van der Waals surface area (Å²) in [7, 11) is 0. The number of carbonyl (C=O) groups excluding carboxylic acids is 2. The van der Waals surface area contributed by atoms with E-state index in [-0.39, 0.29) is 23.1 Å². The zero-order valence-electron chi connectivity index (χ0n) is 17.9. The van der Waals surface area contributed by atoms with Crippen molar-refractivity contribution in [1.82, 2.24) is 9.88 Å². The molecule has 1 aliphatic carbocycles. The summed E-state index contributed by atoms with van der Waals surface area (Å²) in [6, 6.07) is 13.2. The molecule has 0 fully saturated rings. The summed E-state index contributed by atoms with van der Waals surface area (Å²) in [5.74, 6) is 0.470. The minimum Gasteiger partial charge on any atom is -0.294 e. The topological polar surface area (TPSA) is 62.3 Å². The number of Topliss-reactive ketones (excluding diaryl/α,β-unsaturated/α-hetero) is 1. The van der Waals surface area contributed by atoms with Crippen molar-refractivity contribution in [1.29, 1.82) is 0 Å². The highest BCUT2D eigenvalue weighted by atomic mass is 16.2. The number of nitrogens with one attached hydrogen (secondary N) is 1. The summed E-state index contributed by atoms with van der Waals surface area (Å²) in [6.45, 7) is 8.16. The molecule has 2 aliphatic rings. The molecule has 5 nitrogen and oxygen atoms in total. The van der Waals surface area contributed by atoms with E-state index in [0.29, 0.717) is 18.7 Å².